The van der Waals surface area contributed by atoms with Crippen LogP contribution in [0.3, 0.4) is 0 Å². The summed E-state index contributed by atoms with van der Waals surface area (Å²) in [6, 6.07) is 17.6. The first-order valence-corrected chi connectivity index (χ1v) is 17.8. The fourth-order valence-electron chi connectivity index (χ4n) is 4.53. The second kappa shape index (κ2) is 6.77. The van der Waals surface area contributed by atoms with Gasteiger partial charge in [-0.15, -0.1) is 0 Å². The summed E-state index contributed by atoms with van der Waals surface area (Å²) in [5.74, 6) is 0. The molecule has 2 aliphatic rings. The SMILES string of the molecule is C[Si](C)(Cl)C1C=C(CC2=CC([Si](C)(C)Cl)c3ccccc32)c2ccccc21. The molecule has 0 amide bonds. The normalized spacial score (nSPS) is 21.6. The van der Waals surface area contributed by atoms with Gasteiger partial charge in [0.05, 0.1) is 0 Å². The van der Waals surface area contributed by atoms with Crippen molar-refractivity contribution in [2.45, 2.75) is 43.7 Å². The maximum atomic E-state index is 6.88. The van der Waals surface area contributed by atoms with Crippen molar-refractivity contribution in [1.29, 1.82) is 0 Å². The van der Waals surface area contributed by atoms with E-state index in [9.17, 15) is 0 Å². The van der Waals surface area contributed by atoms with E-state index in [4.69, 9.17) is 22.2 Å². The lowest BCUT2D eigenvalue weighted by Crippen LogP contribution is -2.25. The van der Waals surface area contributed by atoms with Crippen molar-refractivity contribution < 1.29 is 0 Å². The van der Waals surface area contributed by atoms with Gasteiger partial charge in [0.15, 0.2) is 14.8 Å². The molecule has 2 aliphatic carbocycles. The van der Waals surface area contributed by atoms with Crippen LogP contribution in [0.4, 0.5) is 0 Å². The van der Waals surface area contributed by atoms with E-state index in [0.717, 1.165) is 6.42 Å². The third-order valence-electron chi connectivity index (χ3n) is 5.88. The molecule has 2 aromatic carbocycles. The van der Waals surface area contributed by atoms with Crippen LogP contribution in [0, 0.1) is 0 Å². The molecule has 2 aromatic rings. The zero-order chi connectivity index (χ0) is 19.4. The Hall–Kier alpha value is -1.07. The van der Waals surface area contributed by atoms with Gasteiger partial charge < -0.3 is 0 Å². The van der Waals surface area contributed by atoms with Crippen LogP contribution in [0.25, 0.3) is 11.1 Å². The van der Waals surface area contributed by atoms with Gasteiger partial charge in [-0.25, -0.2) is 0 Å². The quantitative estimate of drug-likeness (QED) is 0.345. The lowest BCUT2D eigenvalue weighted by molar-refractivity contribution is 1.19. The first-order chi connectivity index (χ1) is 12.7. The van der Waals surface area contributed by atoms with Crippen molar-refractivity contribution >= 4 is 48.1 Å². The Labute approximate surface area is 174 Å². The van der Waals surface area contributed by atoms with E-state index in [1.54, 1.807) is 0 Å². The summed E-state index contributed by atoms with van der Waals surface area (Å²) in [4.78, 5) is 0. The number of allylic oxidation sites excluding steroid dienone is 4. The van der Waals surface area contributed by atoms with Crippen LogP contribution in [0.5, 0.6) is 0 Å². The van der Waals surface area contributed by atoms with Crippen LogP contribution in [-0.2, 0) is 0 Å². The summed E-state index contributed by atoms with van der Waals surface area (Å²) in [6.07, 6.45) is 5.86. The molecule has 0 saturated carbocycles. The molecule has 2 unspecified atom stereocenters. The van der Waals surface area contributed by atoms with E-state index in [2.05, 4.69) is 86.9 Å². The highest BCUT2D eigenvalue weighted by Gasteiger charge is 2.38. The van der Waals surface area contributed by atoms with Crippen LogP contribution in [0.15, 0.2) is 60.7 Å². The highest BCUT2D eigenvalue weighted by atomic mass is 35.6. The van der Waals surface area contributed by atoms with Crippen LogP contribution in [0.2, 0.25) is 26.2 Å². The van der Waals surface area contributed by atoms with Gasteiger partial charge in [-0.05, 0) is 39.8 Å². The monoisotopic (exact) mass is 428 g/mol. The van der Waals surface area contributed by atoms with Crippen LogP contribution >= 0.6 is 22.2 Å². The molecule has 27 heavy (non-hydrogen) atoms. The van der Waals surface area contributed by atoms with E-state index in [1.165, 1.54) is 33.4 Å². The van der Waals surface area contributed by atoms with Gasteiger partial charge in [0.25, 0.3) is 0 Å². The molecule has 0 fully saturated rings. The molecule has 0 heterocycles. The minimum atomic E-state index is -1.83. The van der Waals surface area contributed by atoms with Crippen molar-refractivity contribution in [2.75, 3.05) is 0 Å². The molecule has 0 spiro atoms. The highest BCUT2D eigenvalue weighted by molar-refractivity contribution is 7.20. The first-order valence-electron chi connectivity index (χ1n) is 9.64. The van der Waals surface area contributed by atoms with Gasteiger partial charge in [0, 0.05) is 11.1 Å². The predicted octanol–water partition coefficient (Wildman–Crippen LogP) is 7.70. The molecule has 0 radical (unpaired) electrons. The summed E-state index contributed by atoms with van der Waals surface area (Å²) in [7, 11) is -3.65. The number of rotatable bonds is 4. The molecule has 0 aromatic heterocycles. The maximum Gasteiger partial charge on any atom is 0.161 e. The van der Waals surface area contributed by atoms with Crippen LogP contribution in [0.1, 0.15) is 39.8 Å². The summed E-state index contributed by atoms with van der Waals surface area (Å²) >= 11 is 13.8. The summed E-state index contributed by atoms with van der Waals surface area (Å²) < 4.78 is 0. The van der Waals surface area contributed by atoms with E-state index in [0.29, 0.717) is 11.1 Å². The second-order valence-corrected chi connectivity index (χ2v) is 22.2. The fraction of sp³-hybridized carbons (Fsp3) is 0.304. The molecule has 0 aliphatic heterocycles. The van der Waals surface area contributed by atoms with Crippen molar-refractivity contribution in [3.05, 3.63) is 82.9 Å². The molecular formula is C23H26Cl2Si2. The molecule has 140 valence electrons. The third kappa shape index (κ3) is 3.53. The Morgan fingerprint density at radius 2 is 1.04 bits per heavy atom. The first kappa shape index (κ1) is 19.3. The van der Waals surface area contributed by atoms with Gasteiger partial charge in [-0.3, -0.25) is 0 Å². The minimum absolute atomic E-state index is 0.386. The Morgan fingerprint density at radius 3 is 1.41 bits per heavy atom. The van der Waals surface area contributed by atoms with E-state index >= 15 is 0 Å². The number of hydrogen-bond donors (Lipinski definition) is 0. The average molecular weight is 430 g/mol. The molecule has 2 atom stereocenters. The molecule has 0 saturated heterocycles. The Bertz CT molecular complexity index is 868. The number of fused-ring (bicyclic) bond motifs is 2. The molecule has 4 rings (SSSR count). The smallest absolute Gasteiger partial charge is 0.161 e. The molecule has 0 nitrogen and oxygen atoms in total. The van der Waals surface area contributed by atoms with Crippen LogP contribution < -0.4 is 0 Å². The van der Waals surface area contributed by atoms with E-state index in [1.807, 2.05) is 0 Å². The molecule has 4 heteroatoms. The summed E-state index contributed by atoms with van der Waals surface area (Å²) in [5.41, 5.74) is 9.21. The topological polar surface area (TPSA) is 0 Å². The summed E-state index contributed by atoms with van der Waals surface area (Å²) in [5, 5.41) is 0. The zero-order valence-electron chi connectivity index (χ0n) is 16.4. The Morgan fingerprint density at radius 1 is 0.667 bits per heavy atom. The van der Waals surface area contributed by atoms with Gasteiger partial charge in [0.1, 0.15) is 0 Å². The lowest BCUT2D eigenvalue weighted by atomic mass is 9.96. The minimum Gasteiger partial charge on any atom is -0.167 e. The van der Waals surface area contributed by atoms with Crippen LogP contribution in [-0.4, -0.2) is 14.8 Å². The van der Waals surface area contributed by atoms with Crippen molar-refractivity contribution in [1.82, 2.24) is 0 Å². The van der Waals surface area contributed by atoms with Gasteiger partial charge in [0.2, 0.25) is 0 Å². The maximum absolute atomic E-state index is 6.88. The lowest BCUT2D eigenvalue weighted by Gasteiger charge is -2.21. The summed E-state index contributed by atoms with van der Waals surface area (Å²) in [6.45, 7) is 8.99. The Balaban J connectivity index is 1.74. The number of hydrogen-bond acceptors (Lipinski definition) is 0. The van der Waals surface area contributed by atoms with E-state index in [-0.39, 0.29) is 0 Å². The molecule has 0 N–H and O–H groups in total. The predicted molar refractivity (Wildman–Crippen MR) is 126 cm³/mol. The number of benzene rings is 2. The Kier molecular flexibility index (Phi) is 4.83. The third-order valence-corrected chi connectivity index (χ3v) is 11.2. The van der Waals surface area contributed by atoms with Crippen molar-refractivity contribution in [3.8, 4) is 0 Å². The molecule has 0 bridgehead atoms. The standard InChI is InChI=1S/C23H26Cl2Si2/c1-26(2,24)22-14-16(18-9-5-7-11-20(18)22)13-17-15-23(27(3,4)25)21-12-8-6-10-19(17)21/h5-12,14-15,22-23H,13H2,1-4H3. The van der Waals surface area contributed by atoms with Crippen molar-refractivity contribution in [2.24, 2.45) is 0 Å². The van der Waals surface area contributed by atoms with Crippen molar-refractivity contribution in [3.63, 3.8) is 0 Å². The zero-order valence-corrected chi connectivity index (χ0v) is 19.9. The van der Waals surface area contributed by atoms with Gasteiger partial charge >= 0.3 is 0 Å². The number of halogens is 2. The van der Waals surface area contributed by atoms with Gasteiger partial charge in [-0.1, -0.05) is 86.9 Å². The molecular weight excluding hydrogens is 403 g/mol. The largest absolute Gasteiger partial charge is 0.167 e. The van der Waals surface area contributed by atoms with E-state index < -0.39 is 14.8 Å². The fourth-order valence-corrected chi connectivity index (χ4v) is 8.79. The van der Waals surface area contributed by atoms with Gasteiger partial charge in [-0.2, -0.15) is 22.2 Å². The second-order valence-electron chi connectivity index (χ2n) is 8.82. The average Bonchev–Trinajstić information content (AvgIpc) is 3.15. The highest BCUT2D eigenvalue weighted by Crippen LogP contribution is 2.49.